The number of primary amides is 1. The lowest BCUT2D eigenvalue weighted by atomic mass is 10.1. The molecule has 7 heteroatoms. The van der Waals surface area contributed by atoms with Crippen LogP contribution >= 0.6 is 0 Å². The van der Waals surface area contributed by atoms with Gasteiger partial charge in [0.1, 0.15) is 11.9 Å². The van der Waals surface area contributed by atoms with Gasteiger partial charge in [-0.3, -0.25) is 14.6 Å². The molecule has 0 spiro atoms. The van der Waals surface area contributed by atoms with E-state index in [0.29, 0.717) is 24.3 Å². The van der Waals surface area contributed by atoms with E-state index in [-0.39, 0.29) is 18.0 Å². The molecule has 0 radical (unpaired) electrons. The molecule has 2 N–H and O–H groups in total. The summed E-state index contributed by atoms with van der Waals surface area (Å²) in [6, 6.07) is 0. The van der Waals surface area contributed by atoms with Crippen LogP contribution in [-0.2, 0) is 19.1 Å². The predicted octanol–water partition coefficient (Wildman–Crippen LogP) is -0.675. The average molecular weight is 297 g/mol. The summed E-state index contributed by atoms with van der Waals surface area (Å²) in [5, 5.41) is 0. The Morgan fingerprint density at radius 2 is 1.90 bits per heavy atom. The van der Waals surface area contributed by atoms with E-state index in [1.807, 2.05) is 0 Å². The van der Waals surface area contributed by atoms with E-state index in [4.69, 9.17) is 15.2 Å². The number of piperazine rings is 1. The van der Waals surface area contributed by atoms with E-state index in [2.05, 4.69) is 9.80 Å². The normalized spacial score (nSPS) is 24.0. The lowest BCUT2D eigenvalue weighted by molar-refractivity contribution is -0.136. The monoisotopic (exact) mass is 297 g/mol. The predicted molar refractivity (Wildman–Crippen MR) is 76.3 cm³/mol. The molecule has 21 heavy (non-hydrogen) atoms. The molecule has 7 nitrogen and oxygen atoms in total. The Kier molecular flexibility index (Phi) is 5.19. The number of nitrogens with two attached hydrogens (primary N) is 1. The van der Waals surface area contributed by atoms with Crippen LogP contribution in [0.15, 0.2) is 11.3 Å². The molecule has 2 rings (SSSR count). The van der Waals surface area contributed by atoms with E-state index >= 15 is 0 Å². The van der Waals surface area contributed by atoms with Gasteiger partial charge in [0.15, 0.2) is 0 Å². The van der Waals surface area contributed by atoms with Crippen molar-refractivity contribution in [2.24, 2.45) is 5.73 Å². The molecule has 0 aromatic carbocycles. The van der Waals surface area contributed by atoms with Crippen LogP contribution in [0, 0.1) is 0 Å². The molecule has 1 fully saturated rings. The minimum absolute atomic E-state index is 0.00166. The molecule has 0 aliphatic carbocycles. The zero-order valence-electron chi connectivity index (χ0n) is 12.6. The molecule has 0 bridgehead atoms. The zero-order valence-corrected chi connectivity index (χ0v) is 12.6. The molecule has 0 saturated carbocycles. The minimum atomic E-state index is -0.304. The summed E-state index contributed by atoms with van der Waals surface area (Å²) in [6.07, 6.45) is 0.599. The van der Waals surface area contributed by atoms with Crippen molar-refractivity contribution in [3.8, 4) is 0 Å². The fraction of sp³-hybridized carbons (Fsp3) is 0.714. The third-order valence-electron chi connectivity index (χ3n) is 3.94. The summed E-state index contributed by atoms with van der Waals surface area (Å²) in [5.41, 5.74) is 5.83. The van der Waals surface area contributed by atoms with Crippen LogP contribution in [0.1, 0.15) is 13.3 Å². The number of rotatable bonds is 5. The highest BCUT2D eigenvalue weighted by Gasteiger charge is 2.30. The summed E-state index contributed by atoms with van der Waals surface area (Å²) in [4.78, 5) is 26.8. The molecule has 2 aliphatic rings. The third-order valence-corrected chi connectivity index (χ3v) is 3.94. The van der Waals surface area contributed by atoms with Crippen LogP contribution in [0.3, 0.4) is 0 Å². The fourth-order valence-corrected chi connectivity index (χ4v) is 2.82. The van der Waals surface area contributed by atoms with E-state index < -0.39 is 0 Å². The van der Waals surface area contributed by atoms with Crippen molar-refractivity contribution >= 4 is 11.9 Å². The number of carbonyl (C=O) groups excluding carboxylic acids is 2. The molecule has 0 aromatic rings. The number of ether oxygens (including phenoxy) is 2. The first-order valence-corrected chi connectivity index (χ1v) is 7.17. The van der Waals surface area contributed by atoms with Crippen LogP contribution in [0.5, 0.6) is 0 Å². The molecule has 1 atom stereocenters. The van der Waals surface area contributed by atoms with Gasteiger partial charge in [-0.05, 0) is 6.92 Å². The van der Waals surface area contributed by atoms with Crippen LogP contribution in [-0.4, -0.2) is 74.2 Å². The Balaban J connectivity index is 1.76. The number of allylic oxidation sites excluding steroid dienone is 1. The summed E-state index contributed by atoms with van der Waals surface area (Å²) in [6.45, 7) is 6.30. The third kappa shape index (κ3) is 4.18. The van der Waals surface area contributed by atoms with Gasteiger partial charge in [-0.15, -0.1) is 0 Å². The number of amides is 1. The second kappa shape index (κ2) is 6.91. The number of nitrogens with zero attached hydrogens (tertiary/aromatic N) is 2. The molecular formula is C14H23N3O4. The number of methoxy groups -OCH3 is 1. The van der Waals surface area contributed by atoms with Crippen molar-refractivity contribution in [3.05, 3.63) is 11.3 Å². The Labute approximate surface area is 124 Å². The summed E-state index contributed by atoms with van der Waals surface area (Å²) < 4.78 is 10.5. The molecule has 118 valence electrons. The first kappa shape index (κ1) is 15.8. The largest absolute Gasteiger partial charge is 0.493 e. The van der Waals surface area contributed by atoms with Gasteiger partial charge in [-0.2, -0.15) is 0 Å². The molecule has 1 amide bonds. The maximum Gasteiger partial charge on any atom is 0.337 e. The van der Waals surface area contributed by atoms with Gasteiger partial charge in [-0.1, -0.05) is 0 Å². The molecule has 0 aromatic heterocycles. The first-order chi connectivity index (χ1) is 9.99. The van der Waals surface area contributed by atoms with Crippen LogP contribution < -0.4 is 5.73 Å². The summed E-state index contributed by atoms with van der Waals surface area (Å²) in [7, 11) is 1.38. The maximum absolute atomic E-state index is 11.6. The Morgan fingerprint density at radius 1 is 1.29 bits per heavy atom. The maximum atomic E-state index is 11.6. The van der Waals surface area contributed by atoms with Crippen molar-refractivity contribution in [3.63, 3.8) is 0 Å². The van der Waals surface area contributed by atoms with Gasteiger partial charge in [-0.25, -0.2) is 4.79 Å². The Hall–Kier alpha value is -1.60. The molecule has 2 heterocycles. The second-order valence-corrected chi connectivity index (χ2v) is 5.51. The van der Waals surface area contributed by atoms with Gasteiger partial charge in [0.2, 0.25) is 5.91 Å². The highest BCUT2D eigenvalue weighted by Crippen LogP contribution is 2.26. The lowest BCUT2D eigenvalue weighted by Gasteiger charge is -2.35. The smallest absolute Gasteiger partial charge is 0.337 e. The van der Waals surface area contributed by atoms with Gasteiger partial charge >= 0.3 is 5.97 Å². The highest BCUT2D eigenvalue weighted by atomic mass is 16.5. The minimum Gasteiger partial charge on any atom is -0.493 e. The average Bonchev–Trinajstić information content (AvgIpc) is 2.80. The van der Waals surface area contributed by atoms with Gasteiger partial charge in [0.25, 0.3) is 0 Å². The fourth-order valence-electron chi connectivity index (χ4n) is 2.82. The van der Waals surface area contributed by atoms with Crippen molar-refractivity contribution in [2.75, 3.05) is 46.4 Å². The van der Waals surface area contributed by atoms with Gasteiger partial charge in [0, 0.05) is 39.1 Å². The van der Waals surface area contributed by atoms with Gasteiger partial charge in [0.05, 0.1) is 19.2 Å². The summed E-state index contributed by atoms with van der Waals surface area (Å²) in [5.74, 6) is 0.0746. The Morgan fingerprint density at radius 3 is 2.48 bits per heavy atom. The lowest BCUT2D eigenvalue weighted by Crippen LogP contribution is -2.50. The number of carbonyl (C=O) groups is 2. The van der Waals surface area contributed by atoms with Crippen molar-refractivity contribution in [1.82, 2.24) is 9.80 Å². The van der Waals surface area contributed by atoms with E-state index in [9.17, 15) is 9.59 Å². The number of hydrogen-bond acceptors (Lipinski definition) is 6. The van der Waals surface area contributed by atoms with E-state index in [0.717, 1.165) is 32.7 Å². The zero-order chi connectivity index (χ0) is 15.4. The second-order valence-electron chi connectivity index (χ2n) is 5.51. The molecular weight excluding hydrogens is 274 g/mol. The molecule has 1 saturated heterocycles. The Bertz CT molecular complexity index is 442. The van der Waals surface area contributed by atoms with Crippen LogP contribution in [0.2, 0.25) is 0 Å². The quantitative estimate of drug-likeness (QED) is 0.677. The topological polar surface area (TPSA) is 85.1 Å². The first-order valence-electron chi connectivity index (χ1n) is 7.17. The van der Waals surface area contributed by atoms with E-state index in [1.165, 1.54) is 7.11 Å². The van der Waals surface area contributed by atoms with E-state index in [1.54, 1.807) is 6.92 Å². The highest BCUT2D eigenvalue weighted by molar-refractivity contribution is 5.89. The molecule has 2 aliphatic heterocycles. The SMILES string of the molecule is COC(=O)C1=C(C)O[C@@H](CN2CCN(CC(N)=O)CC2)C1. The van der Waals surface area contributed by atoms with Gasteiger partial charge < -0.3 is 15.2 Å². The van der Waals surface area contributed by atoms with Crippen LogP contribution in [0.4, 0.5) is 0 Å². The van der Waals surface area contributed by atoms with Crippen molar-refractivity contribution < 1.29 is 19.1 Å². The van der Waals surface area contributed by atoms with Crippen molar-refractivity contribution in [2.45, 2.75) is 19.4 Å². The summed E-state index contributed by atoms with van der Waals surface area (Å²) >= 11 is 0. The standard InChI is InChI=1S/C14H23N3O4/c1-10-12(14(19)20-2)7-11(21-10)8-16-3-5-17(6-4-16)9-13(15)18/h11H,3-9H2,1-2H3,(H2,15,18)/t11-/m1/s1. The number of esters is 1. The van der Waals surface area contributed by atoms with Crippen LogP contribution in [0.25, 0.3) is 0 Å². The molecule has 0 unspecified atom stereocenters. The number of hydrogen-bond donors (Lipinski definition) is 1. The van der Waals surface area contributed by atoms with Crippen molar-refractivity contribution in [1.29, 1.82) is 0 Å².